The molecule has 0 fully saturated rings. The van der Waals surface area contributed by atoms with E-state index in [1.54, 1.807) is 6.07 Å². The molecule has 0 saturated carbocycles. The minimum absolute atomic E-state index is 0.0813. The van der Waals surface area contributed by atoms with Gasteiger partial charge in [0.2, 0.25) is 0 Å². The van der Waals surface area contributed by atoms with Crippen LogP contribution >= 0.6 is 50.7 Å². The number of carbonyl (C=O) groups is 1. The van der Waals surface area contributed by atoms with E-state index >= 15 is 0 Å². The zero-order valence-corrected chi connectivity index (χ0v) is 14.7. The monoisotopic (exact) mass is 425 g/mol. The molecule has 0 heterocycles. The number of anilines is 1. The zero-order chi connectivity index (χ0) is 16.3. The number of halogens is 5. The lowest BCUT2D eigenvalue weighted by molar-refractivity contribution is -0.118. The number of carbonyl (C=O) groups excluding carboxylic acids is 1. The summed E-state index contributed by atoms with van der Waals surface area (Å²) in [7, 11) is 0. The fourth-order valence-electron chi connectivity index (χ4n) is 1.58. The van der Waals surface area contributed by atoms with E-state index in [9.17, 15) is 9.18 Å². The summed E-state index contributed by atoms with van der Waals surface area (Å²) in [6, 6.07) is 6.96. The summed E-state index contributed by atoms with van der Waals surface area (Å²) in [6.07, 6.45) is 0. The molecule has 3 nitrogen and oxygen atoms in total. The van der Waals surface area contributed by atoms with E-state index in [-0.39, 0.29) is 16.7 Å². The van der Waals surface area contributed by atoms with Gasteiger partial charge in [0.25, 0.3) is 5.91 Å². The van der Waals surface area contributed by atoms with Gasteiger partial charge in [-0.15, -0.1) is 0 Å². The van der Waals surface area contributed by atoms with Crippen molar-refractivity contribution in [2.24, 2.45) is 0 Å². The van der Waals surface area contributed by atoms with Crippen molar-refractivity contribution >= 4 is 62.3 Å². The minimum Gasteiger partial charge on any atom is -0.481 e. The number of benzene rings is 2. The first-order valence-electron chi connectivity index (χ1n) is 5.89. The van der Waals surface area contributed by atoms with Gasteiger partial charge in [0.1, 0.15) is 5.82 Å². The van der Waals surface area contributed by atoms with Gasteiger partial charge in [-0.1, -0.05) is 34.8 Å². The third-order valence-corrected chi connectivity index (χ3v) is 3.89. The van der Waals surface area contributed by atoms with Crippen molar-refractivity contribution in [1.29, 1.82) is 0 Å². The zero-order valence-electron chi connectivity index (χ0n) is 10.8. The average molecular weight is 427 g/mol. The molecule has 0 atom stereocenters. The average Bonchev–Trinajstić information content (AvgIpc) is 2.41. The Hall–Kier alpha value is -1.01. The van der Waals surface area contributed by atoms with Crippen molar-refractivity contribution < 1.29 is 13.9 Å². The van der Waals surface area contributed by atoms with Crippen LogP contribution < -0.4 is 10.1 Å². The molecular formula is C14H8BrCl3FNO2. The van der Waals surface area contributed by atoms with Gasteiger partial charge in [-0.2, -0.15) is 0 Å². The van der Waals surface area contributed by atoms with Gasteiger partial charge in [0, 0.05) is 10.7 Å². The molecule has 1 N–H and O–H groups in total. The molecule has 0 spiro atoms. The van der Waals surface area contributed by atoms with Crippen LogP contribution in [-0.2, 0) is 4.79 Å². The summed E-state index contributed by atoms with van der Waals surface area (Å²) >= 11 is 20.7. The lowest BCUT2D eigenvalue weighted by atomic mass is 10.3. The highest BCUT2D eigenvalue weighted by molar-refractivity contribution is 9.10. The molecule has 0 radical (unpaired) electrons. The second-order valence-electron chi connectivity index (χ2n) is 4.16. The second kappa shape index (κ2) is 7.51. The van der Waals surface area contributed by atoms with Crippen LogP contribution in [0.25, 0.3) is 0 Å². The molecule has 0 aliphatic carbocycles. The lowest BCUT2D eigenvalue weighted by Crippen LogP contribution is -2.20. The molecule has 0 aliphatic rings. The standard InChI is InChI=1S/C14H8BrCl3FNO2/c15-9-3-7(16)4-11(18)14(9)22-6-13(21)20-8-1-2-12(19)10(17)5-8/h1-5H,6H2,(H,20,21). The quantitative estimate of drug-likeness (QED) is 0.693. The van der Waals surface area contributed by atoms with Crippen molar-refractivity contribution in [3.8, 4) is 5.75 Å². The molecule has 116 valence electrons. The number of hydrogen-bond acceptors (Lipinski definition) is 2. The molecular weight excluding hydrogens is 419 g/mol. The SMILES string of the molecule is O=C(COc1c(Cl)cc(Cl)cc1Br)Nc1ccc(F)c(Cl)c1. The topological polar surface area (TPSA) is 38.3 Å². The van der Waals surface area contributed by atoms with Gasteiger partial charge in [-0.25, -0.2) is 4.39 Å². The van der Waals surface area contributed by atoms with Crippen molar-refractivity contribution in [1.82, 2.24) is 0 Å². The van der Waals surface area contributed by atoms with Crippen LogP contribution in [0.15, 0.2) is 34.8 Å². The maximum atomic E-state index is 13.0. The van der Waals surface area contributed by atoms with Crippen LogP contribution in [0.5, 0.6) is 5.75 Å². The normalized spacial score (nSPS) is 10.4. The first kappa shape index (κ1) is 17.3. The van der Waals surface area contributed by atoms with Gasteiger partial charge in [0.05, 0.1) is 14.5 Å². The van der Waals surface area contributed by atoms with Crippen LogP contribution in [-0.4, -0.2) is 12.5 Å². The van der Waals surface area contributed by atoms with Gasteiger partial charge in [-0.05, 0) is 46.3 Å². The van der Waals surface area contributed by atoms with E-state index in [0.717, 1.165) is 6.07 Å². The predicted octanol–water partition coefficient (Wildman–Crippen LogP) is 5.57. The van der Waals surface area contributed by atoms with E-state index in [1.807, 2.05) is 0 Å². The largest absolute Gasteiger partial charge is 0.481 e. The molecule has 8 heteroatoms. The minimum atomic E-state index is -0.562. The molecule has 0 aliphatic heterocycles. The van der Waals surface area contributed by atoms with Crippen LogP contribution in [0.1, 0.15) is 0 Å². The Kier molecular flexibility index (Phi) is 5.92. The Morgan fingerprint density at radius 3 is 2.55 bits per heavy atom. The maximum absolute atomic E-state index is 13.0. The molecule has 0 saturated heterocycles. The second-order valence-corrected chi connectivity index (χ2v) is 6.27. The summed E-state index contributed by atoms with van der Waals surface area (Å²) in [5.74, 6) is -0.702. The number of rotatable bonds is 4. The molecule has 0 unspecified atom stereocenters. The van der Waals surface area contributed by atoms with Crippen molar-refractivity contribution in [3.05, 3.63) is 55.7 Å². The smallest absolute Gasteiger partial charge is 0.262 e. The summed E-state index contributed by atoms with van der Waals surface area (Å²) < 4.78 is 18.9. The number of hydrogen-bond donors (Lipinski definition) is 1. The Morgan fingerprint density at radius 2 is 1.91 bits per heavy atom. The van der Waals surface area contributed by atoms with Gasteiger partial charge in [-0.3, -0.25) is 4.79 Å². The van der Waals surface area contributed by atoms with Gasteiger partial charge in [0.15, 0.2) is 12.4 Å². The molecule has 1 amide bonds. The van der Waals surface area contributed by atoms with Crippen LogP contribution in [0.4, 0.5) is 10.1 Å². The Morgan fingerprint density at radius 1 is 1.18 bits per heavy atom. The summed E-state index contributed by atoms with van der Waals surface area (Å²) in [5.41, 5.74) is 0.362. The summed E-state index contributed by atoms with van der Waals surface area (Å²) in [5, 5.41) is 3.16. The van der Waals surface area contributed by atoms with E-state index in [2.05, 4.69) is 21.2 Å². The summed E-state index contributed by atoms with van der Waals surface area (Å²) in [4.78, 5) is 11.8. The van der Waals surface area contributed by atoms with E-state index < -0.39 is 11.7 Å². The van der Waals surface area contributed by atoms with E-state index in [1.165, 1.54) is 18.2 Å². The molecule has 22 heavy (non-hydrogen) atoms. The Bertz CT molecular complexity index is 704. The highest BCUT2D eigenvalue weighted by Crippen LogP contribution is 2.36. The van der Waals surface area contributed by atoms with Crippen molar-refractivity contribution in [2.75, 3.05) is 11.9 Å². The van der Waals surface area contributed by atoms with Gasteiger partial charge < -0.3 is 10.1 Å². The van der Waals surface area contributed by atoms with Crippen molar-refractivity contribution in [2.45, 2.75) is 0 Å². The Balaban J connectivity index is 2.00. The lowest BCUT2D eigenvalue weighted by Gasteiger charge is -2.11. The van der Waals surface area contributed by atoms with Gasteiger partial charge >= 0.3 is 0 Å². The number of amides is 1. The summed E-state index contributed by atoms with van der Waals surface area (Å²) in [6.45, 7) is -0.283. The molecule has 2 aromatic rings. The highest BCUT2D eigenvalue weighted by Gasteiger charge is 2.12. The van der Waals surface area contributed by atoms with Crippen LogP contribution in [0.3, 0.4) is 0 Å². The molecule has 0 aromatic heterocycles. The fraction of sp³-hybridized carbons (Fsp3) is 0.0714. The Labute approximate surface area is 149 Å². The third-order valence-electron chi connectivity index (χ3n) is 2.51. The fourth-order valence-corrected chi connectivity index (χ4v) is 3.12. The molecule has 2 rings (SSSR count). The maximum Gasteiger partial charge on any atom is 0.262 e. The molecule has 2 aromatic carbocycles. The predicted molar refractivity (Wildman–Crippen MR) is 89.7 cm³/mol. The van der Waals surface area contributed by atoms with E-state index in [4.69, 9.17) is 39.5 Å². The van der Waals surface area contributed by atoms with E-state index in [0.29, 0.717) is 20.9 Å². The number of ether oxygens (including phenoxy) is 1. The third kappa shape index (κ3) is 4.49. The first-order chi connectivity index (χ1) is 10.4. The van der Waals surface area contributed by atoms with Crippen LogP contribution in [0.2, 0.25) is 15.1 Å². The number of nitrogens with one attached hydrogen (secondary N) is 1. The first-order valence-corrected chi connectivity index (χ1v) is 7.82. The highest BCUT2D eigenvalue weighted by atomic mass is 79.9. The molecule has 0 bridgehead atoms. The van der Waals surface area contributed by atoms with Crippen molar-refractivity contribution in [3.63, 3.8) is 0 Å². The van der Waals surface area contributed by atoms with Crippen LogP contribution in [0, 0.1) is 5.82 Å².